The van der Waals surface area contributed by atoms with Crippen LogP contribution in [0.1, 0.15) is 24.5 Å². The second kappa shape index (κ2) is 6.62. The number of rotatable bonds is 5. The van der Waals surface area contributed by atoms with Gasteiger partial charge in [0.15, 0.2) is 0 Å². The molecule has 0 saturated carbocycles. The van der Waals surface area contributed by atoms with Gasteiger partial charge >= 0.3 is 0 Å². The third-order valence-electron chi connectivity index (χ3n) is 2.94. The van der Waals surface area contributed by atoms with Crippen LogP contribution >= 0.6 is 11.6 Å². The van der Waals surface area contributed by atoms with Crippen LogP contribution in [-0.4, -0.2) is 11.5 Å². The number of halogens is 1. The number of benzene rings is 1. The molecule has 0 radical (unpaired) electrons. The third kappa shape index (κ3) is 3.64. The molecule has 0 aliphatic rings. The first-order valence-corrected chi connectivity index (χ1v) is 7.11. The molecular formula is C16H19ClN2O. The van der Waals surface area contributed by atoms with Crippen LogP contribution in [0.4, 0.5) is 5.69 Å². The molecule has 0 saturated heterocycles. The maximum atomic E-state index is 6.03. The molecule has 0 bridgehead atoms. The van der Waals surface area contributed by atoms with Gasteiger partial charge in [0, 0.05) is 17.6 Å². The molecule has 1 heterocycles. The predicted octanol–water partition coefficient (Wildman–Crippen LogP) is 4.97. The highest BCUT2D eigenvalue weighted by Gasteiger charge is 2.08. The largest absolute Gasteiger partial charge is 0.455 e. The second-order valence-electron chi connectivity index (χ2n) is 4.81. The normalized spacial score (nSPS) is 10.4. The molecule has 2 rings (SSSR count). The number of hydrogen-bond donors (Lipinski definition) is 1. The first kappa shape index (κ1) is 14.7. The van der Waals surface area contributed by atoms with Crippen molar-refractivity contribution in [2.75, 3.05) is 11.9 Å². The molecular weight excluding hydrogens is 272 g/mol. The standard InChI is InChI=1S/C16H19ClN2O/c1-4-5-19-14-8-15(10-18-9-14)20-16-11(2)6-13(17)7-12(16)3/h6-10,19H,4-5H2,1-3H3. The molecule has 106 valence electrons. The van der Waals surface area contributed by atoms with Crippen LogP contribution in [0.15, 0.2) is 30.6 Å². The molecule has 1 aromatic heterocycles. The number of hydrogen-bond acceptors (Lipinski definition) is 3. The van der Waals surface area contributed by atoms with Gasteiger partial charge < -0.3 is 10.1 Å². The Morgan fingerprint density at radius 3 is 2.50 bits per heavy atom. The van der Waals surface area contributed by atoms with Gasteiger partial charge in [0.2, 0.25) is 0 Å². The first-order chi connectivity index (χ1) is 9.60. The highest BCUT2D eigenvalue weighted by atomic mass is 35.5. The van der Waals surface area contributed by atoms with Crippen molar-refractivity contribution in [1.82, 2.24) is 4.98 Å². The fourth-order valence-corrected chi connectivity index (χ4v) is 2.34. The molecule has 3 nitrogen and oxygen atoms in total. The van der Waals surface area contributed by atoms with Crippen molar-refractivity contribution in [2.24, 2.45) is 0 Å². The Balaban J connectivity index is 2.22. The lowest BCUT2D eigenvalue weighted by atomic mass is 10.1. The minimum absolute atomic E-state index is 0.722. The summed E-state index contributed by atoms with van der Waals surface area (Å²) in [7, 11) is 0. The van der Waals surface area contributed by atoms with Crippen molar-refractivity contribution in [2.45, 2.75) is 27.2 Å². The van der Waals surface area contributed by atoms with Gasteiger partial charge in [-0.2, -0.15) is 0 Å². The van der Waals surface area contributed by atoms with Crippen LogP contribution in [-0.2, 0) is 0 Å². The van der Waals surface area contributed by atoms with E-state index in [0.717, 1.165) is 46.3 Å². The highest BCUT2D eigenvalue weighted by Crippen LogP contribution is 2.31. The molecule has 0 fully saturated rings. The minimum atomic E-state index is 0.722. The van der Waals surface area contributed by atoms with Crippen molar-refractivity contribution in [1.29, 1.82) is 0 Å². The van der Waals surface area contributed by atoms with E-state index >= 15 is 0 Å². The van der Waals surface area contributed by atoms with Crippen LogP contribution in [0.3, 0.4) is 0 Å². The molecule has 0 amide bonds. The van der Waals surface area contributed by atoms with Gasteiger partial charge in [-0.15, -0.1) is 0 Å². The van der Waals surface area contributed by atoms with E-state index in [9.17, 15) is 0 Å². The van der Waals surface area contributed by atoms with E-state index in [1.807, 2.05) is 32.0 Å². The summed E-state index contributed by atoms with van der Waals surface area (Å²) in [6.45, 7) is 7.02. The Hall–Kier alpha value is -1.74. The van der Waals surface area contributed by atoms with Gasteiger partial charge in [0.1, 0.15) is 11.5 Å². The monoisotopic (exact) mass is 290 g/mol. The average Bonchev–Trinajstić information content (AvgIpc) is 2.41. The van der Waals surface area contributed by atoms with Gasteiger partial charge in [0.05, 0.1) is 18.1 Å². The number of anilines is 1. The van der Waals surface area contributed by atoms with E-state index in [2.05, 4.69) is 17.2 Å². The summed E-state index contributed by atoms with van der Waals surface area (Å²) >= 11 is 6.03. The average molecular weight is 291 g/mol. The molecule has 0 atom stereocenters. The van der Waals surface area contributed by atoms with E-state index in [-0.39, 0.29) is 0 Å². The van der Waals surface area contributed by atoms with Crippen molar-refractivity contribution in [3.63, 3.8) is 0 Å². The lowest BCUT2D eigenvalue weighted by Crippen LogP contribution is -2.00. The highest BCUT2D eigenvalue weighted by molar-refractivity contribution is 6.30. The van der Waals surface area contributed by atoms with Crippen molar-refractivity contribution in [3.05, 3.63) is 46.7 Å². The number of aromatic nitrogens is 1. The van der Waals surface area contributed by atoms with Crippen LogP contribution in [0, 0.1) is 13.8 Å². The maximum Gasteiger partial charge on any atom is 0.147 e. The number of ether oxygens (including phenoxy) is 1. The maximum absolute atomic E-state index is 6.03. The summed E-state index contributed by atoms with van der Waals surface area (Å²) in [6, 6.07) is 5.75. The zero-order valence-corrected chi connectivity index (χ0v) is 12.8. The molecule has 0 aliphatic carbocycles. The molecule has 2 aromatic rings. The Kier molecular flexibility index (Phi) is 4.85. The molecule has 1 N–H and O–H groups in total. The smallest absolute Gasteiger partial charge is 0.147 e. The molecule has 0 spiro atoms. The predicted molar refractivity (Wildman–Crippen MR) is 84.0 cm³/mol. The van der Waals surface area contributed by atoms with Gasteiger partial charge in [0.25, 0.3) is 0 Å². The van der Waals surface area contributed by atoms with Gasteiger partial charge in [-0.3, -0.25) is 4.98 Å². The fraction of sp³-hybridized carbons (Fsp3) is 0.312. The molecule has 1 aromatic carbocycles. The van der Waals surface area contributed by atoms with Gasteiger partial charge in [-0.1, -0.05) is 18.5 Å². The topological polar surface area (TPSA) is 34.2 Å². The summed E-state index contributed by atoms with van der Waals surface area (Å²) in [6.07, 6.45) is 4.58. The summed E-state index contributed by atoms with van der Waals surface area (Å²) < 4.78 is 5.95. The van der Waals surface area contributed by atoms with E-state index in [1.165, 1.54) is 0 Å². The molecule has 0 aliphatic heterocycles. The van der Waals surface area contributed by atoms with Crippen molar-refractivity contribution < 1.29 is 4.74 Å². The Bertz CT molecular complexity index is 576. The number of nitrogens with one attached hydrogen (secondary N) is 1. The van der Waals surface area contributed by atoms with Gasteiger partial charge in [-0.05, 0) is 43.5 Å². The quantitative estimate of drug-likeness (QED) is 0.844. The van der Waals surface area contributed by atoms with Crippen molar-refractivity contribution in [3.8, 4) is 11.5 Å². The molecule has 20 heavy (non-hydrogen) atoms. The Morgan fingerprint density at radius 1 is 1.15 bits per heavy atom. The number of aryl methyl sites for hydroxylation is 2. The number of nitrogens with zero attached hydrogens (tertiary/aromatic N) is 1. The van der Waals surface area contributed by atoms with E-state index in [1.54, 1.807) is 12.4 Å². The lowest BCUT2D eigenvalue weighted by Gasteiger charge is -2.13. The first-order valence-electron chi connectivity index (χ1n) is 6.73. The van der Waals surface area contributed by atoms with E-state index < -0.39 is 0 Å². The van der Waals surface area contributed by atoms with Crippen LogP contribution < -0.4 is 10.1 Å². The summed E-state index contributed by atoms with van der Waals surface area (Å²) in [5, 5.41) is 4.02. The Labute approximate surface area is 124 Å². The van der Waals surface area contributed by atoms with E-state index in [0.29, 0.717) is 0 Å². The second-order valence-corrected chi connectivity index (χ2v) is 5.24. The van der Waals surface area contributed by atoms with Crippen LogP contribution in [0.2, 0.25) is 5.02 Å². The summed E-state index contributed by atoms with van der Waals surface area (Å²) in [5.41, 5.74) is 3.00. The van der Waals surface area contributed by atoms with Crippen LogP contribution in [0.5, 0.6) is 11.5 Å². The lowest BCUT2D eigenvalue weighted by molar-refractivity contribution is 0.473. The Morgan fingerprint density at radius 2 is 1.85 bits per heavy atom. The van der Waals surface area contributed by atoms with Crippen LogP contribution in [0.25, 0.3) is 0 Å². The SMILES string of the molecule is CCCNc1cncc(Oc2c(C)cc(Cl)cc2C)c1. The molecule has 4 heteroatoms. The fourth-order valence-electron chi connectivity index (χ4n) is 2.02. The van der Waals surface area contributed by atoms with E-state index in [4.69, 9.17) is 16.3 Å². The summed E-state index contributed by atoms with van der Waals surface area (Å²) in [4.78, 5) is 4.20. The minimum Gasteiger partial charge on any atom is -0.455 e. The number of pyridine rings is 1. The van der Waals surface area contributed by atoms with Gasteiger partial charge in [-0.25, -0.2) is 0 Å². The summed E-state index contributed by atoms with van der Waals surface area (Å²) in [5.74, 6) is 1.56. The third-order valence-corrected chi connectivity index (χ3v) is 3.16. The van der Waals surface area contributed by atoms with Crippen molar-refractivity contribution >= 4 is 17.3 Å². The zero-order valence-electron chi connectivity index (χ0n) is 12.0. The molecule has 0 unspecified atom stereocenters. The zero-order chi connectivity index (χ0) is 14.5.